The lowest BCUT2D eigenvalue weighted by Crippen LogP contribution is -2.21. The number of rotatable bonds is 5. The van der Waals surface area contributed by atoms with Crippen molar-refractivity contribution in [3.63, 3.8) is 0 Å². The van der Waals surface area contributed by atoms with E-state index in [9.17, 15) is 0 Å². The summed E-state index contributed by atoms with van der Waals surface area (Å²) < 4.78 is 18.6. The van der Waals surface area contributed by atoms with E-state index in [1.165, 1.54) is 21.3 Å². The normalized spacial score (nSPS) is 8.75. The molecular formula is C7H19BO4. The van der Waals surface area contributed by atoms with E-state index in [2.05, 4.69) is 14.0 Å². The Labute approximate surface area is 75.3 Å². The van der Waals surface area contributed by atoms with Crippen molar-refractivity contribution in [3.05, 3.63) is 0 Å². The van der Waals surface area contributed by atoms with Gasteiger partial charge in [0.1, 0.15) is 0 Å². The first kappa shape index (κ1) is 14.4. The van der Waals surface area contributed by atoms with Crippen LogP contribution in [0.5, 0.6) is 0 Å². The fourth-order valence-electron chi connectivity index (χ4n) is 0.493. The van der Waals surface area contributed by atoms with E-state index >= 15 is 0 Å². The first-order valence-corrected chi connectivity index (χ1v) is 3.92. The average Bonchev–Trinajstić information content (AvgIpc) is 2.10. The van der Waals surface area contributed by atoms with Gasteiger partial charge in [-0.05, 0) is 13.8 Å². The van der Waals surface area contributed by atoms with Gasteiger partial charge < -0.3 is 18.7 Å². The summed E-state index contributed by atoms with van der Waals surface area (Å²) in [4.78, 5) is 0. The molecule has 0 aliphatic carbocycles. The molecule has 0 saturated heterocycles. The minimum atomic E-state index is -0.514. The zero-order chi connectivity index (χ0) is 9.82. The number of hydrogen-bond acceptors (Lipinski definition) is 4. The van der Waals surface area contributed by atoms with Gasteiger partial charge in [0.2, 0.25) is 0 Å². The molecule has 5 heteroatoms. The molecule has 0 atom stereocenters. The summed E-state index contributed by atoms with van der Waals surface area (Å²) in [5.74, 6) is 0. The molecule has 0 unspecified atom stereocenters. The van der Waals surface area contributed by atoms with E-state index in [1.807, 2.05) is 13.8 Å². The molecule has 0 aliphatic heterocycles. The van der Waals surface area contributed by atoms with E-state index < -0.39 is 7.32 Å². The van der Waals surface area contributed by atoms with Gasteiger partial charge >= 0.3 is 7.32 Å². The molecule has 0 bridgehead atoms. The van der Waals surface area contributed by atoms with E-state index in [0.29, 0.717) is 0 Å². The van der Waals surface area contributed by atoms with Gasteiger partial charge in [0.05, 0.1) is 0 Å². The largest absolute Gasteiger partial charge is 0.638 e. The predicted molar refractivity (Wildman–Crippen MR) is 48.9 cm³/mol. The molecule has 0 spiro atoms. The fourth-order valence-corrected chi connectivity index (χ4v) is 0.493. The van der Waals surface area contributed by atoms with Gasteiger partial charge in [-0.3, -0.25) is 0 Å². The minimum absolute atomic E-state index is 0.514. The quantitative estimate of drug-likeness (QED) is 0.587. The fraction of sp³-hybridized carbons (Fsp3) is 1.00. The lowest BCUT2D eigenvalue weighted by Gasteiger charge is -2.01. The van der Waals surface area contributed by atoms with Crippen molar-refractivity contribution < 1.29 is 18.7 Å². The summed E-state index contributed by atoms with van der Waals surface area (Å²) in [5.41, 5.74) is 0. The Balaban J connectivity index is 0. The molecule has 0 heterocycles. The van der Waals surface area contributed by atoms with E-state index in [1.54, 1.807) is 0 Å². The third-order valence-electron chi connectivity index (χ3n) is 0.986. The topological polar surface area (TPSA) is 36.9 Å². The van der Waals surface area contributed by atoms with Crippen LogP contribution >= 0.6 is 0 Å². The van der Waals surface area contributed by atoms with Gasteiger partial charge in [-0.2, -0.15) is 0 Å². The van der Waals surface area contributed by atoms with Crippen molar-refractivity contribution in [2.24, 2.45) is 0 Å². The Morgan fingerprint density at radius 2 is 1.17 bits per heavy atom. The third kappa shape index (κ3) is 12.6. The summed E-state index contributed by atoms with van der Waals surface area (Å²) in [6.45, 7) is 5.67. The molecule has 4 nitrogen and oxygen atoms in total. The van der Waals surface area contributed by atoms with E-state index in [-0.39, 0.29) is 0 Å². The van der Waals surface area contributed by atoms with Gasteiger partial charge in [0.15, 0.2) is 0 Å². The average molecular weight is 178 g/mol. The summed E-state index contributed by atoms with van der Waals surface area (Å²) in [6.07, 6.45) is 0. The second-order valence-corrected chi connectivity index (χ2v) is 1.78. The highest BCUT2D eigenvalue weighted by atomic mass is 16.7. The maximum atomic E-state index is 4.83. The summed E-state index contributed by atoms with van der Waals surface area (Å²) in [7, 11) is 4.02. The Kier molecular flexibility index (Phi) is 16.2. The minimum Gasteiger partial charge on any atom is -0.389 e. The molecule has 0 rings (SSSR count). The van der Waals surface area contributed by atoms with Crippen LogP contribution in [-0.2, 0) is 18.7 Å². The van der Waals surface area contributed by atoms with Gasteiger partial charge in [0, 0.05) is 34.5 Å². The highest BCUT2D eigenvalue weighted by molar-refractivity contribution is 6.36. The third-order valence-corrected chi connectivity index (χ3v) is 0.986. The van der Waals surface area contributed by atoms with E-state index in [0.717, 1.165) is 13.2 Å². The van der Waals surface area contributed by atoms with Crippen molar-refractivity contribution in [2.75, 3.05) is 34.5 Å². The predicted octanol–water partition coefficient (Wildman–Crippen LogP) is 0.953. The van der Waals surface area contributed by atoms with Crippen molar-refractivity contribution in [2.45, 2.75) is 13.8 Å². The molecule has 0 amide bonds. The van der Waals surface area contributed by atoms with Crippen LogP contribution < -0.4 is 0 Å². The van der Waals surface area contributed by atoms with Crippen LogP contribution in [0.25, 0.3) is 0 Å². The maximum Gasteiger partial charge on any atom is 0.638 e. The molecule has 74 valence electrons. The molecule has 12 heavy (non-hydrogen) atoms. The van der Waals surface area contributed by atoms with Crippen molar-refractivity contribution >= 4 is 7.32 Å². The molecular weight excluding hydrogens is 159 g/mol. The summed E-state index contributed by atoms with van der Waals surface area (Å²) >= 11 is 0. The van der Waals surface area contributed by atoms with Crippen molar-refractivity contribution in [1.29, 1.82) is 0 Å². The second-order valence-electron chi connectivity index (χ2n) is 1.78. The zero-order valence-corrected chi connectivity index (χ0v) is 8.62. The molecule has 0 N–H and O–H groups in total. The smallest absolute Gasteiger partial charge is 0.389 e. The van der Waals surface area contributed by atoms with Crippen LogP contribution in [0.1, 0.15) is 13.8 Å². The molecule has 0 aromatic rings. The molecule has 0 aromatic heterocycles. The van der Waals surface area contributed by atoms with Gasteiger partial charge in [-0.25, -0.2) is 0 Å². The molecule has 0 aromatic carbocycles. The van der Waals surface area contributed by atoms with Crippen molar-refractivity contribution in [3.8, 4) is 0 Å². The first-order chi connectivity index (χ1) is 5.76. The number of hydrogen-bond donors (Lipinski definition) is 0. The Morgan fingerprint density at radius 3 is 1.17 bits per heavy atom. The van der Waals surface area contributed by atoms with Crippen molar-refractivity contribution in [1.82, 2.24) is 0 Å². The van der Waals surface area contributed by atoms with Gasteiger partial charge in [-0.1, -0.05) is 0 Å². The lowest BCUT2D eigenvalue weighted by atomic mass is 10.2. The van der Waals surface area contributed by atoms with Crippen LogP contribution in [-0.4, -0.2) is 41.9 Å². The second kappa shape index (κ2) is 13.5. The summed E-state index contributed by atoms with van der Waals surface area (Å²) in [5, 5.41) is 0. The van der Waals surface area contributed by atoms with E-state index in [4.69, 9.17) is 4.74 Å². The van der Waals surface area contributed by atoms with Crippen LogP contribution in [0.4, 0.5) is 0 Å². The highest BCUT2D eigenvalue weighted by Gasteiger charge is 2.12. The lowest BCUT2D eigenvalue weighted by molar-refractivity contribution is 0.162. The molecule has 0 radical (unpaired) electrons. The molecule has 0 saturated carbocycles. The molecule has 0 fully saturated rings. The van der Waals surface area contributed by atoms with Gasteiger partial charge in [-0.15, -0.1) is 0 Å². The van der Waals surface area contributed by atoms with Crippen LogP contribution in [0.3, 0.4) is 0 Å². The Bertz CT molecular complexity index is 60.9. The zero-order valence-electron chi connectivity index (χ0n) is 8.62. The monoisotopic (exact) mass is 178 g/mol. The Morgan fingerprint density at radius 1 is 0.833 bits per heavy atom. The Hall–Kier alpha value is -0.0951. The first-order valence-electron chi connectivity index (χ1n) is 3.92. The van der Waals surface area contributed by atoms with Crippen LogP contribution in [0, 0.1) is 0 Å². The molecule has 0 aliphatic rings. The van der Waals surface area contributed by atoms with Crippen LogP contribution in [0.2, 0.25) is 0 Å². The summed E-state index contributed by atoms with van der Waals surface area (Å²) in [6, 6.07) is 0. The van der Waals surface area contributed by atoms with Crippen LogP contribution in [0.15, 0.2) is 0 Å². The standard InChI is InChI=1S/C4H10O.C3H9BO3/c1-3-5-4-2;1-5-4(6-2)7-3/h3-4H2,1-2H3;1-3H3. The number of ether oxygens (including phenoxy) is 1. The van der Waals surface area contributed by atoms with Gasteiger partial charge in [0.25, 0.3) is 0 Å². The highest BCUT2D eigenvalue weighted by Crippen LogP contribution is 1.81. The SMILES string of the molecule is CCOCC.COB(OC)OC. The maximum absolute atomic E-state index is 4.83.